The molecule has 0 bridgehead atoms. The summed E-state index contributed by atoms with van der Waals surface area (Å²) in [7, 11) is 1.52. The first-order chi connectivity index (χ1) is 7.24. The molecule has 1 unspecified atom stereocenters. The van der Waals surface area contributed by atoms with Crippen LogP contribution in [-0.2, 0) is 4.74 Å². The zero-order chi connectivity index (χ0) is 11.1. The van der Waals surface area contributed by atoms with Crippen molar-refractivity contribution in [2.75, 3.05) is 33.4 Å². The van der Waals surface area contributed by atoms with Gasteiger partial charge in [0.25, 0.3) is 0 Å². The van der Waals surface area contributed by atoms with E-state index in [0.29, 0.717) is 0 Å². The molecule has 5 nitrogen and oxygen atoms in total. The number of urea groups is 1. The minimum absolute atomic E-state index is 0.0788. The number of aliphatic hydroxyl groups excluding tert-OH is 1. The van der Waals surface area contributed by atoms with Crippen molar-refractivity contribution in [1.82, 2.24) is 10.2 Å². The first kappa shape index (κ1) is 12.3. The number of rotatable bonds is 4. The van der Waals surface area contributed by atoms with E-state index in [-0.39, 0.29) is 19.2 Å². The van der Waals surface area contributed by atoms with Crippen LogP contribution in [0.1, 0.15) is 19.3 Å². The van der Waals surface area contributed by atoms with E-state index in [1.807, 2.05) is 0 Å². The minimum Gasteiger partial charge on any atom is -0.389 e. The van der Waals surface area contributed by atoms with Crippen molar-refractivity contribution in [1.29, 1.82) is 0 Å². The lowest BCUT2D eigenvalue weighted by atomic mass is 10.1. The molecule has 0 aromatic rings. The zero-order valence-corrected chi connectivity index (χ0v) is 9.24. The summed E-state index contributed by atoms with van der Waals surface area (Å²) in [6, 6.07) is -0.0788. The number of ether oxygens (including phenoxy) is 1. The lowest BCUT2D eigenvalue weighted by Crippen LogP contribution is -2.45. The van der Waals surface area contributed by atoms with E-state index in [9.17, 15) is 9.90 Å². The lowest BCUT2D eigenvalue weighted by molar-refractivity contribution is 0.0646. The third-order valence-corrected chi connectivity index (χ3v) is 2.49. The van der Waals surface area contributed by atoms with Crippen molar-refractivity contribution in [2.24, 2.45) is 0 Å². The summed E-state index contributed by atoms with van der Waals surface area (Å²) in [5.74, 6) is 0. The van der Waals surface area contributed by atoms with E-state index in [4.69, 9.17) is 4.74 Å². The number of nitrogens with one attached hydrogen (secondary N) is 1. The highest BCUT2D eigenvalue weighted by Crippen LogP contribution is 2.08. The molecule has 1 heterocycles. The van der Waals surface area contributed by atoms with Crippen molar-refractivity contribution in [2.45, 2.75) is 25.4 Å². The number of hydrogen-bond donors (Lipinski definition) is 2. The van der Waals surface area contributed by atoms with Crippen LogP contribution in [0.5, 0.6) is 0 Å². The van der Waals surface area contributed by atoms with Crippen molar-refractivity contribution in [3.63, 3.8) is 0 Å². The largest absolute Gasteiger partial charge is 0.389 e. The molecule has 88 valence electrons. The van der Waals surface area contributed by atoms with E-state index in [2.05, 4.69) is 5.32 Å². The summed E-state index contributed by atoms with van der Waals surface area (Å²) in [4.78, 5) is 13.4. The molecule has 1 aliphatic heterocycles. The molecule has 15 heavy (non-hydrogen) atoms. The number of methoxy groups -OCH3 is 1. The van der Waals surface area contributed by atoms with Crippen LogP contribution in [0.15, 0.2) is 0 Å². The first-order valence-electron chi connectivity index (χ1n) is 5.44. The SMILES string of the molecule is COCC(O)CNC(=O)N1CCCCC1. The summed E-state index contributed by atoms with van der Waals surface area (Å²) >= 11 is 0. The van der Waals surface area contributed by atoms with Gasteiger partial charge in [-0.05, 0) is 19.3 Å². The van der Waals surface area contributed by atoms with Crippen LogP contribution in [0, 0.1) is 0 Å². The van der Waals surface area contributed by atoms with Crippen LogP contribution in [0.3, 0.4) is 0 Å². The number of likely N-dealkylation sites (tertiary alicyclic amines) is 1. The van der Waals surface area contributed by atoms with Crippen molar-refractivity contribution < 1.29 is 14.6 Å². The normalized spacial score (nSPS) is 18.7. The Morgan fingerprint density at radius 2 is 2.13 bits per heavy atom. The summed E-state index contributed by atoms with van der Waals surface area (Å²) in [5.41, 5.74) is 0. The summed E-state index contributed by atoms with van der Waals surface area (Å²) < 4.78 is 4.77. The summed E-state index contributed by atoms with van der Waals surface area (Å²) in [6.45, 7) is 2.15. The highest BCUT2D eigenvalue weighted by Gasteiger charge is 2.16. The number of amides is 2. The van der Waals surface area contributed by atoms with Gasteiger partial charge in [0.15, 0.2) is 0 Å². The van der Waals surface area contributed by atoms with Gasteiger partial charge >= 0.3 is 6.03 Å². The first-order valence-corrected chi connectivity index (χ1v) is 5.44. The molecule has 1 saturated heterocycles. The average molecular weight is 216 g/mol. The Bertz CT molecular complexity index is 193. The molecule has 1 aliphatic rings. The van der Waals surface area contributed by atoms with E-state index in [1.165, 1.54) is 13.5 Å². The number of hydrogen-bond acceptors (Lipinski definition) is 3. The number of nitrogens with zero attached hydrogens (tertiary/aromatic N) is 1. The molecule has 5 heteroatoms. The number of piperidine rings is 1. The zero-order valence-electron chi connectivity index (χ0n) is 9.24. The average Bonchev–Trinajstić information content (AvgIpc) is 2.27. The second-order valence-corrected chi connectivity index (χ2v) is 3.84. The second kappa shape index (κ2) is 6.63. The van der Waals surface area contributed by atoms with Crippen LogP contribution < -0.4 is 5.32 Å². The Labute approximate surface area is 90.4 Å². The molecule has 0 aromatic carbocycles. The number of carbonyl (C=O) groups is 1. The molecule has 0 aromatic heterocycles. The van der Waals surface area contributed by atoms with Crippen LogP contribution in [-0.4, -0.2) is 55.5 Å². The third-order valence-electron chi connectivity index (χ3n) is 2.49. The molecule has 0 spiro atoms. The van der Waals surface area contributed by atoms with Gasteiger partial charge in [0.2, 0.25) is 0 Å². The van der Waals surface area contributed by atoms with E-state index in [0.717, 1.165) is 25.9 Å². The van der Waals surface area contributed by atoms with E-state index >= 15 is 0 Å². The Morgan fingerprint density at radius 1 is 1.47 bits per heavy atom. The van der Waals surface area contributed by atoms with Crippen LogP contribution in [0.4, 0.5) is 4.79 Å². The number of carbonyl (C=O) groups excluding carboxylic acids is 1. The Hall–Kier alpha value is -0.810. The van der Waals surface area contributed by atoms with Crippen molar-refractivity contribution in [3.8, 4) is 0 Å². The van der Waals surface area contributed by atoms with Crippen molar-refractivity contribution >= 4 is 6.03 Å². The van der Waals surface area contributed by atoms with Gasteiger partial charge in [-0.3, -0.25) is 0 Å². The third kappa shape index (κ3) is 4.48. The molecule has 0 aliphatic carbocycles. The Morgan fingerprint density at radius 3 is 2.73 bits per heavy atom. The van der Waals surface area contributed by atoms with Gasteiger partial charge in [-0.1, -0.05) is 0 Å². The molecule has 1 rings (SSSR count). The standard InChI is InChI=1S/C10H20N2O3/c1-15-8-9(13)7-11-10(14)12-5-3-2-4-6-12/h9,13H,2-8H2,1H3,(H,11,14). The van der Waals surface area contributed by atoms with Crippen LogP contribution in [0.25, 0.3) is 0 Å². The maximum atomic E-state index is 11.6. The van der Waals surface area contributed by atoms with Gasteiger partial charge < -0.3 is 20.1 Å². The predicted octanol–water partition coefficient (Wildman–Crippen LogP) is 0.189. The number of aliphatic hydroxyl groups is 1. The fourth-order valence-electron chi connectivity index (χ4n) is 1.67. The van der Waals surface area contributed by atoms with Gasteiger partial charge in [0.1, 0.15) is 0 Å². The molecule has 0 radical (unpaired) electrons. The van der Waals surface area contributed by atoms with Gasteiger partial charge in [0.05, 0.1) is 12.7 Å². The summed E-state index contributed by atoms with van der Waals surface area (Å²) in [6.07, 6.45) is 2.74. The molecule has 1 atom stereocenters. The van der Waals surface area contributed by atoms with Crippen molar-refractivity contribution in [3.05, 3.63) is 0 Å². The molecular weight excluding hydrogens is 196 g/mol. The predicted molar refractivity (Wildman–Crippen MR) is 56.7 cm³/mol. The molecule has 1 fully saturated rings. The molecular formula is C10H20N2O3. The minimum atomic E-state index is -0.622. The second-order valence-electron chi connectivity index (χ2n) is 3.84. The molecule has 2 amide bonds. The quantitative estimate of drug-likeness (QED) is 0.705. The Balaban J connectivity index is 2.16. The monoisotopic (exact) mass is 216 g/mol. The molecule has 2 N–H and O–H groups in total. The summed E-state index contributed by atoms with van der Waals surface area (Å²) in [5, 5.41) is 12.0. The highest BCUT2D eigenvalue weighted by atomic mass is 16.5. The van der Waals surface area contributed by atoms with Gasteiger partial charge in [-0.25, -0.2) is 4.79 Å². The Kier molecular flexibility index (Phi) is 5.42. The molecule has 0 saturated carbocycles. The fraction of sp³-hybridized carbons (Fsp3) is 0.900. The van der Waals surface area contributed by atoms with Crippen LogP contribution in [0.2, 0.25) is 0 Å². The topological polar surface area (TPSA) is 61.8 Å². The highest BCUT2D eigenvalue weighted by molar-refractivity contribution is 5.74. The fourth-order valence-corrected chi connectivity index (χ4v) is 1.67. The van der Waals surface area contributed by atoms with Gasteiger partial charge in [-0.15, -0.1) is 0 Å². The maximum Gasteiger partial charge on any atom is 0.317 e. The van der Waals surface area contributed by atoms with Gasteiger partial charge in [0, 0.05) is 26.7 Å². The smallest absolute Gasteiger partial charge is 0.317 e. The van der Waals surface area contributed by atoms with Gasteiger partial charge in [-0.2, -0.15) is 0 Å². The van der Waals surface area contributed by atoms with E-state index < -0.39 is 6.10 Å². The van der Waals surface area contributed by atoms with E-state index in [1.54, 1.807) is 4.90 Å². The lowest BCUT2D eigenvalue weighted by Gasteiger charge is -2.27. The maximum absolute atomic E-state index is 11.6. The van der Waals surface area contributed by atoms with Crippen LogP contribution >= 0.6 is 0 Å².